The molecular formula is C21H23N5O2S. The zero-order valence-corrected chi connectivity index (χ0v) is 17.1. The number of carbonyl (C=O) groups is 2. The number of aromatic nitrogens is 3. The number of hydrogen-bond donors (Lipinski definition) is 2. The molecular weight excluding hydrogens is 386 g/mol. The first-order chi connectivity index (χ1) is 14.1. The van der Waals surface area contributed by atoms with Gasteiger partial charge >= 0.3 is 6.03 Å². The zero-order chi connectivity index (χ0) is 20.6. The molecule has 8 heteroatoms. The highest BCUT2D eigenvalue weighted by Gasteiger charge is 2.26. The summed E-state index contributed by atoms with van der Waals surface area (Å²) in [5.41, 5.74) is 1.74. The van der Waals surface area contributed by atoms with Gasteiger partial charge in [0.2, 0.25) is 5.91 Å². The Morgan fingerprint density at radius 3 is 2.28 bits per heavy atom. The lowest BCUT2D eigenvalue weighted by molar-refractivity contribution is -0.119. The summed E-state index contributed by atoms with van der Waals surface area (Å²) in [7, 11) is 0. The minimum absolute atomic E-state index is 0.404. The van der Waals surface area contributed by atoms with Crippen molar-refractivity contribution in [2.24, 2.45) is 0 Å². The zero-order valence-electron chi connectivity index (χ0n) is 16.3. The third-order valence-electron chi connectivity index (χ3n) is 4.20. The van der Waals surface area contributed by atoms with Crippen LogP contribution in [0.2, 0.25) is 0 Å². The molecule has 29 heavy (non-hydrogen) atoms. The number of nitrogens with zero attached hydrogens (tertiary/aromatic N) is 3. The van der Waals surface area contributed by atoms with E-state index in [-0.39, 0.29) is 0 Å². The highest BCUT2D eigenvalue weighted by molar-refractivity contribution is 8.00. The van der Waals surface area contributed by atoms with Crippen molar-refractivity contribution in [2.45, 2.75) is 30.8 Å². The Bertz CT molecular complexity index is 960. The van der Waals surface area contributed by atoms with Crippen LogP contribution in [0.1, 0.15) is 24.7 Å². The van der Waals surface area contributed by atoms with E-state index < -0.39 is 17.2 Å². The minimum Gasteiger partial charge on any atom is -0.338 e. The van der Waals surface area contributed by atoms with Crippen LogP contribution in [0, 0.1) is 0 Å². The highest BCUT2D eigenvalue weighted by atomic mass is 32.2. The first kappa shape index (κ1) is 20.6. The number of benzene rings is 2. The van der Waals surface area contributed by atoms with E-state index in [1.165, 1.54) is 11.8 Å². The van der Waals surface area contributed by atoms with Crippen molar-refractivity contribution in [1.82, 2.24) is 25.4 Å². The van der Waals surface area contributed by atoms with Crippen LogP contribution in [-0.4, -0.2) is 33.2 Å². The Morgan fingerprint density at radius 2 is 1.66 bits per heavy atom. The van der Waals surface area contributed by atoms with E-state index in [0.717, 1.165) is 17.0 Å². The first-order valence-corrected chi connectivity index (χ1v) is 10.3. The Balaban J connectivity index is 1.91. The van der Waals surface area contributed by atoms with Crippen LogP contribution in [-0.2, 0) is 11.3 Å². The highest BCUT2D eigenvalue weighted by Crippen LogP contribution is 2.36. The molecule has 0 bridgehead atoms. The molecule has 0 saturated heterocycles. The number of nitrogens with one attached hydrogen (secondary N) is 2. The van der Waals surface area contributed by atoms with Crippen molar-refractivity contribution in [3.05, 3.63) is 66.2 Å². The van der Waals surface area contributed by atoms with Crippen molar-refractivity contribution >= 4 is 23.7 Å². The van der Waals surface area contributed by atoms with E-state index in [0.29, 0.717) is 18.2 Å². The van der Waals surface area contributed by atoms with Gasteiger partial charge in [-0.1, -0.05) is 72.4 Å². The maximum atomic E-state index is 12.9. The van der Waals surface area contributed by atoms with Crippen LogP contribution in [0.3, 0.4) is 0 Å². The third-order valence-corrected chi connectivity index (χ3v) is 5.44. The van der Waals surface area contributed by atoms with Gasteiger partial charge in [-0.2, -0.15) is 0 Å². The number of amides is 3. The molecule has 3 amide bonds. The van der Waals surface area contributed by atoms with Gasteiger partial charge in [0.15, 0.2) is 11.0 Å². The maximum absolute atomic E-state index is 12.9. The molecule has 0 saturated carbocycles. The predicted octanol–water partition coefficient (Wildman–Crippen LogP) is 3.64. The summed E-state index contributed by atoms with van der Waals surface area (Å²) >= 11 is 1.27. The van der Waals surface area contributed by atoms with Crippen molar-refractivity contribution in [3.8, 4) is 11.4 Å². The number of thioether (sulfide) groups is 1. The molecule has 2 N–H and O–H groups in total. The second kappa shape index (κ2) is 9.88. The number of hydrogen-bond acceptors (Lipinski definition) is 5. The molecule has 1 heterocycles. The van der Waals surface area contributed by atoms with Crippen molar-refractivity contribution in [3.63, 3.8) is 0 Å². The van der Waals surface area contributed by atoms with Gasteiger partial charge in [-0.05, 0) is 19.4 Å². The monoisotopic (exact) mass is 409 g/mol. The predicted molar refractivity (Wildman–Crippen MR) is 113 cm³/mol. The standard InChI is InChI=1S/C21H23N5O2S/c1-3-22-20(28)23-19(27)17(15-11-7-5-8-12-15)29-21-25-24-18(26(21)4-2)16-13-9-6-10-14-16/h5-14,17H,3-4H2,1-2H3,(H2,22,23,27,28)/t17-/m1/s1. The molecule has 2 aromatic carbocycles. The normalized spacial score (nSPS) is 11.7. The number of carbonyl (C=O) groups excluding carboxylic acids is 2. The summed E-state index contributed by atoms with van der Waals surface area (Å²) in [6, 6.07) is 18.6. The van der Waals surface area contributed by atoms with Crippen LogP contribution in [0.15, 0.2) is 65.8 Å². The first-order valence-electron chi connectivity index (χ1n) is 9.43. The molecule has 0 unspecified atom stereocenters. The van der Waals surface area contributed by atoms with Gasteiger partial charge in [0.05, 0.1) is 0 Å². The number of rotatable bonds is 7. The number of imide groups is 1. The van der Waals surface area contributed by atoms with E-state index in [9.17, 15) is 9.59 Å². The van der Waals surface area contributed by atoms with Crippen molar-refractivity contribution in [1.29, 1.82) is 0 Å². The topological polar surface area (TPSA) is 88.9 Å². The SMILES string of the molecule is CCNC(=O)NC(=O)[C@H](Sc1nnc(-c2ccccc2)n1CC)c1ccccc1. The second-order valence-electron chi connectivity index (χ2n) is 6.17. The smallest absolute Gasteiger partial charge is 0.321 e. The Morgan fingerprint density at radius 1 is 1.00 bits per heavy atom. The van der Waals surface area contributed by atoms with E-state index in [2.05, 4.69) is 20.8 Å². The fraction of sp³-hybridized carbons (Fsp3) is 0.238. The van der Waals surface area contributed by atoms with Crippen molar-refractivity contribution in [2.75, 3.05) is 6.54 Å². The quantitative estimate of drug-likeness (QED) is 0.582. The number of urea groups is 1. The molecule has 1 aromatic heterocycles. The molecule has 3 aromatic rings. The van der Waals surface area contributed by atoms with Crippen LogP contribution in [0.5, 0.6) is 0 Å². The van der Waals surface area contributed by atoms with Gasteiger partial charge < -0.3 is 9.88 Å². The van der Waals surface area contributed by atoms with E-state index in [1.54, 1.807) is 6.92 Å². The van der Waals surface area contributed by atoms with E-state index in [1.807, 2.05) is 72.2 Å². The Labute approximate surface area is 173 Å². The summed E-state index contributed by atoms with van der Waals surface area (Å²) in [6.07, 6.45) is 0. The second-order valence-corrected chi connectivity index (χ2v) is 7.25. The van der Waals surface area contributed by atoms with E-state index in [4.69, 9.17) is 0 Å². The Kier molecular flexibility index (Phi) is 7.02. The lowest BCUT2D eigenvalue weighted by atomic mass is 10.1. The summed E-state index contributed by atoms with van der Waals surface area (Å²) in [5, 5.41) is 13.6. The maximum Gasteiger partial charge on any atom is 0.321 e. The molecule has 150 valence electrons. The summed E-state index contributed by atoms with van der Waals surface area (Å²) in [6.45, 7) is 4.89. The minimum atomic E-state index is -0.642. The van der Waals surface area contributed by atoms with Gasteiger partial charge in [0.25, 0.3) is 0 Å². The fourth-order valence-electron chi connectivity index (χ4n) is 2.85. The average Bonchev–Trinajstić information content (AvgIpc) is 3.16. The molecule has 1 atom stereocenters. The van der Waals surface area contributed by atoms with Gasteiger partial charge in [-0.3, -0.25) is 10.1 Å². The Hall–Kier alpha value is -3.13. The molecule has 0 fully saturated rings. The molecule has 0 radical (unpaired) electrons. The fourth-order valence-corrected chi connectivity index (χ4v) is 3.95. The largest absolute Gasteiger partial charge is 0.338 e. The summed E-state index contributed by atoms with van der Waals surface area (Å²) in [4.78, 5) is 24.7. The van der Waals surface area contributed by atoms with Crippen LogP contribution in [0.25, 0.3) is 11.4 Å². The van der Waals surface area contributed by atoms with Gasteiger partial charge in [-0.25, -0.2) is 4.79 Å². The summed E-state index contributed by atoms with van der Waals surface area (Å²) < 4.78 is 1.97. The molecule has 0 aliphatic heterocycles. The van der Waals surface area contributed by atoms with Gasteiger partial charge in [-0.15, -0.1) is 10.2 Å². The van der Waals surface area contributed by atoms with Gasteiger partial charge in [0.1, 0.15) is 5.25 Å². The molecule has 7 nitrogen and oxygen atoms in total. The van der Waals surface area contributed by atoms with Crippen LogP contribution in [0.4, 0.5) is 4.79 Å². The van der Waals surface area contributed by atoms with E-state index >= 15 is 0 Å². The van der Waals surface area contributed by atoms with Gasteiger partial charge in [0, 0.05) is 18.7 Å². The van der Waals surface area contributed by atoms with Crippen LogP contribution >= 0.6 is 11.8 Å². The lowest BCUT2D eigenvalue weighted by Crippen LogP contribution is -2.41. The molecule has 0 spiro atoms. The summed E-state index contributed by atoms with van der Waals surface area (Å²) in [5.74, 6) is 0.339. The molecule has 3 rings (SSSR count). The van der Waals surface area contributed by atoms with Crippen LogP contribution < -0.4 is 10.6 Å². The average molecular weight is 410 g/mol. The molecule has 0 aliphatic rings. The lowest BCUT2D eigenvalue weighted by Gasteiger charge is -2.16. The van der Waals surface area contributed by atoms with Crippen molar-refractivity contribution < 1.29 is 9.59 Å². The third kappa shape index (κ3) is 5.03. The molecule has 0 aliphatic carbocycles.